The minimum absolute atomic E-state index is 0.00594. The second-order valence-corrected chi connectivity index (χ2v) is 5.34. The van der Waals surface area contributed by atoms with E-state index < -0.39 is 0 Å². The van der Waals surface area contributed by atoms with Crippen molar-refractivity contribution in [2.24, 2.45) is 5.92 Å². The fourth-order valence-corrected chi connectivity index (χ4v) is 2.21. The molecule has 2 N–H and O–H groups in total. The number of aryl methyl sites for hydroxylation is 1. The molecule has 4 nitrogen and oxygen atoms in total. The van der Waals surface area contributed by atoms with Gasteiger partial charge in [0.1, 0.15) is 0 Å². The molecular formula is C16H28N2O2. The molecule has 0 aromatic carbocycles. The van der Waals surface area contributed by atoms with Gasteiger partial charge in [-0.25, -0.2) is 0 Å². The fourth-order valence-electron chi connectivity index (χ4n) is 2.21. The number of ether oxygens (including phenoxy) is 1. The zero-order valence-corrected chi connectivity index (χ0v) is 12.8. The second-order valence-electron chi connectivity index (χ2n) is 5.34. The van der Waals surface area contributed by atoms with Gasteiger partial charge in [-0.15, -0.1) is 0 Å². The van der Waals surface area contributed by atoms with Crippen molar-refractivity contribution < 1.29 is 4.74 Å². The van der Waals surface area contributed by atoms with Crippen LogP contribution in [0.1, 0.15) is 46.0 Å². The molecule has 1 heterocycles. The SMILES string of the molecule is CCCCC(CC)COCCCn1cc(N)ccc1=O. The summed E-state index contributed by atoms with van der Waals surface area (Å²) in [6.45, 7) is 6.63. The molecule has 1 aromatic heterocycles. The third kappa shape index (κ3) is 6.24. The molecular weight excluding hydrogens is 252 g/mol. The van der Waals surface area contributed by atoms with Crippen molar-refractivity contribution in [3.05, 3.63) is 28.7 Å². The normalized spacial score (nSPS) is 12.5. The summed E-state index contributed by atoms with van der Waals surface area (Å²) in [5.74, 6) is 0.671. The van der Waals surface area contributed by atoms with E-state index in [1.54, 1.807) is 16.8 Å². The van der Waals surface area contributed by atoms with Gasteiger partial charge < -0.3 is 15.0 Å². The Bertz CT molecular complexity index is 429. The van der Waals surface area contributed by atoms with Crippen LogP contribution in [0.15, 0.2) is 23.1 Å². The molecule has 4 heteroatoms. The van der Waals surface area contributed by atoms with E-state index in [0.717, 1.165) is 13.0 Å². The van der Waals surface area contributed by atoms with Crippen LogP contribution in [0.25, 0.3) is 0 Å². The minimum atomic E-state index is -0.00594. The van der Waals surface area contributed by atoms with E-state index in [2.05, 4.69) is 13.8 Å². The maximum Gasteiger partial charge on any atom is 0.250 e. The van der Waals surface area contributed by atoms with Crippen LogP contribution in [0.4, 0.5) is 5.69 Å². The number of rotatable bonds is 10. The number of pyridine rings is 1. The van der Waals surface area contributed by atoms with E-state index in [-0.39, 0.29) is 5.56 Å². The second kappa shape index (κ2) is 9.59. The summed E-state index contributed by atoms with van der Waals surface area (Å²) >= 11 is 0. The van der Waals surface area contributed by atoms with Gasteiger partial charge in [-0.05, 0) is 24.8 Å². The Kier molecular flexibility index (Phi) is 8.04. The van der Waals surface area contributed by atoms with Crippen molar-refractivity contribution in [1.82, 2.24) is 4.57 Å². The molecule has 0 saturated carbocycles. The van der Waals surface area contributed by atoms with E-state index in [1.165, 1.54) is 31.7 Å². The molecule has 1 atom stereocenters. The van der Waals surface area contributed by atoms with Crippen molar-refractivity contribution in [2.75, 3.05) is 18.9 Å². The van der Waals surface area contributed by atoms with Crippen molar-refractivity contribution in [2.45, 2.75) is 52.5 Å². The monoisotopic (exact) mass is 280 g/mol. The Hall–Kier alpha value is -1.29. The van der Waals surface area contributed by atoms with Gasteiger partial charge in [0.2, 0.25) is 0 Å². The molecule has 0 bridgehead atoms. The Balaban J connectivity index is 2.21. The summed E-state index contributed by atoms with van der Waals surface area (Å²) in [4.78, 5) is 11.6. The molecule has 0 amide bonds. The van der Waals surface area contributed by atoms with Crippen LogP contribution in [0.5, 0.6) is 0 Å². The van der Waals surface area contributed by atoms with Gasteiger partial charge in [-0.2, -0.15) is 0 Å². The van der Waals surface area contributed by atoms with Crippen molar-refractivity contribution >= 4 is 5.69 Å². The first-order valence-electron chi connectivity index (χ1n) is 7.71. The highest BCUT2D eigenvalue weighted by Crippen LogP contribution is 2.12. The number of hydrogen-bond acceptors (Lipinski definition) is 3. The number of nitrogen functional groups attached to an aromatic ring is 1. The lowest BCUT2D eigenvalue weighted by molar-refractivity contribution is 0.0898. The van der Waals surface area contributed by atoms with Crippen LogP contribution in [0.3, 0.4) is 0 Å². The predicted octanol–water partition coefficient (Wildman–Crippen LogP) is 3.05. The summed E-state index contributed by atoms with van der Waals surface area (Å²) in [5.41, 5.74) is 6.29. The molecule has 0 spiro atoms. The van der Waals surface area contributed by atoms with Gasteiger partial charge in [0.25, 0.3) is 5.56 Å². The summed E-state index contributed by atoms with van der Waals surface area (Å²) in [7, 11) is 0. The number of nitrogens with two attached hydrogens (primary N) is 1. The molecule has 0 aliphatic heterocycles. The van der Waals surface area contributed by atoms with Gasteiger partial charge in [0.05, 0.1) is 0 Å². The van der Waals surface area contributed by atoms with Crippen LogP contribution in [-0.2, 0) is 11.3 Å². The van der Waals surface area contributed by atoms with E-state index >= 15 is 0 Å². The van der Waals surface area contributed by atoms with E-state index in [9.17, 15) is 4.79 Å². The smallest absolute Gasteiger partial charge is 0.250 e. The first-order valence-corrected chi connectivity index (χ1v) is 7.71. The van der Waals surface area contributed by atoms with Crippen LogP contribution < -0.4 is 11.3 Å². The zero-order chi connectivity index (χ0) is 14.8. The lowest BCUT2D eigenvalue weighted by Crippen LogP contribution is -2.20. The maximum atomic E-state index is 11.6. The highest BCUT2D eigenvalue weighted by Gasteiger charge is 2.05. The standard InChI is InChI=1S/C16H28N2O2/c1-3-5-7-14(4-2)13-20-11-6-10-18-12-15(17)8-9-16(18)19/h8-9,12,14H,3-7,10-11,13,17H2,1-2H3. The summed E-state index contributed by atoms with van der Waals surface area (Å²) in [6, 6.07) is 3.14. The predicted molar refractivity (Wildman–Crippen MR) is 83.9 cm³/mol. The molecule has 1 rings (SSSR count). The van der Waals surface area contributed by atoms with Crippen LogP contribution in [-0.4, -0.2) is 17.8 Å². The molecule has 0 saturated heterocycles. The Labute approximate surface area is 121 Å². The molecule has 114 valence electrons. The topological polar surface area (TPSA) is 57.2 Å². The summed E-state index contributed by atoms with van der Waals surface area (Å²) in [6.07, 6.45) is 7.48. The van der Waals surface area contributed by atoms with Crippen molar-refractivity contribution in [1.29, 1.82) is 0 Å². The molecule has 20 heavy (non-hydrogen) atoms. The third-order valence-electron chi connectivity index (χ3n) is 3.59. The Morgan fingerprint density at radius 2 is 2.10 bits per heavy atom. The summed E-state index contributed by atoms with van der Waals surface area (Å²) < 4.78 is 7.37. The van der Waals surface area contributed by atoms with Gasteiger partial charge in [0, 0.05) is 37.7 Å². The first-order chi connectivity index (χ1) is 9.67. The van der Waals surface area contributed by atoms with Crippen LogP contribution in [0.2, 0.25) is 0 Å². The zero-order valence-electron chi connectivity index (χ0n) is 12.8. The van der Waals surface area contributed by atoms with Gasteiger partial charge >= 0.3 is 0 Å². The van der Waals surface area contributed by atoms with Gasteiger partial charge in [-0.3, -0.25) is 4.79 Å². The average molecular weight is 280 g/mol. The fraction of sp³-hybridized carbons (Fsp3) is 0.688. The number of hydrogen-bond donors (Lipinski definition) is 1. The molecule has 1 unspecified atom stereocenters. The van der Waals surface area contributed by atoms with E-state index in [0.29, 0.717) is 24.8 Å². The number of anilines is 1. The van der Waals surface area contributed by atoms with Crippen LogP contribution in [0, 0.1) is 5.92 Å². The Morgan fingerprint density at radius 3 is 2.80 bits per heavy atom. The molecule has 0 aliphatic rings. The van der Waals surface area contributed by atoms with Crippen molar-refractivity contribution in [3.8, 4) is 0 Å². The third-order valence-corrected chi connectivity index (χ3v) is 3.59. The van der Waals surface area contributed by atoms with Crippen LogP contribution >= 0.6 is 0 Å². The highest BCUT2D eigenvalue weighted by atomic mass is 16.5. The lowest BCUT2D eigenvalue weighted by atomic mass is 10.0. The van der Waals surface area contributed by atoms with Crippen molar-refractivity contribution in [3.63, 3.8) is 0 Å². The molecule has 1 aromatic rings. The number of nitrogens with zero attached hydrogens (tertiary/aromatic N) is 1. The van der Waals surface area contributed by atoms with Gasteiger partial charge in [-0.1, -0.05) is 33.1 Å². The van der Waals surface area contributed by atoms with Gasteiger partial charge in [0.15, 0.2) is 0 Å². The molecule has 0 radical (unpaired) electrons. The summed E-state index contributed by atoms with van der Waals surface area (Å²) in [5, 5.41) is 0. The highest BCUT2D eigenvalue weighted by molar-refractivity contribution is 5.33. The molecule has 0 fully saturated rings. The van der Waals surface area contributed by atoms with E-state index in [4.69, 9.17) is 10.5 Å². The largest absolute Gasteiger partial charge is 0.398 e. The molecule has 0 aliphatic carbocycles. The number of unbranched alkanes of at least 4 members (excludes halogenated alkanes) is 1. The number of aromatic nitrogens is 1. The first kappa shape index (κ1) is 16.8. The van der Waals surface area contributed by atoms with E-state index in [1.807, 2.05) is 0 Å². The quantitative estimate of drug-likeness (QED) is 0.670. The lowest BCUT2D eigenvalue weighted by Gasteiger charge is -2.14. The average Bonchev–Trinajstić information content (AvgIpc) is 2.45. The Morgan fingerprint density at radius 1 is 1.30 bits per heavy atom. The maximum absolute atomic E-state index is 11.6. The minimum Gasteiger partial charge on any atom is -0.398 e.